The van der Waals surface area contributed by atoms with Crippen molar-refractivity contribution in [2.24, 2.45) is 5.92 Å². The summed E-state index contributed by atoms with van der Waals surface area (Å²) in [6, 6.07) is 10.1. The molecule has 4 rings (SSSR count). The molecule has 2 saturated heterocycles. The Morgan fingerprint density at radius 2 is 1.64 bits per heavy atom. The van der Waals surface area contributed by atoms with E-state index in [1.54, 1.807) is 0 Å². The van der Waals surface area contributed by atoms with Crippen LogP contribution in [0, 0.1) is 5.92 Å². The highest BCUT2D eigenvalue weighted by Crippen LogP contribution is 2.64. The molecule has 44 heavy (non-hydrogen) atoms. The van der Waals surface area contributed by atoms with Crippen molar-refractivity contribution in [2.45, 2.75) is 180 Å². The van der Waals surface area contributed by atoms with Gasteiger partial charge in [-0.15, -0.1) is 23.5 Å². The van der Waals surface area contributed by atoms with E-state index in [4.69, 9.17) is 0 Å². The average Bonchev–Trinajstić information content (AvgIpc) is 3.49. The van der Waals surface area contributed by atoms with Crippen molar-refractivity contribution >= 4 is 46.3 Å². The Labute approximate surface area is 282 Å². The van der Waals surface area contributed by atoms with Gasteiger partial charge in [0.15, 0.2) is 5.12 Å². The number of fused-ring (bicyclic) bond motifs is 2. The van der Waals surface area contributed by atoms with E-state index in [0.29, 0.717) is 18.0 Å². The Balaban J connectivity index is 1.40. The number of rotatable bonds is 19. The number of amides is 1. The molecule has 0 radical (unpaired) electrons. The lowest BCUT2D eigenvalue weighted by atomic mass is 9.91. The van der Waals surface area contributed by atoms with Crippen LogP contribution in [0.15, 0.2) is 35.2 Å². The maximum Gasteiger partial charge on any atom is 0.221 e. The summed E-state index contributed by atoms with van der Waals surface area (Å²) in [6.07, 6.45) is 27.6. The number of hydrogen-bond acceptors (Lipinski definition) is 5. The van der Waals surface area contributed by atoms with Crippen LogP contribution in [0.4, 0.5) is 0 Å². The molecular formula is C38H61NO2S3. The molecule has 1 aliphatic carbocycles. The molecule has 248 valence electrons. The normalized spacial score (nSPS) is 25.3. The first-order chi connectivity index (χ1) is 21.4. The quantitative estimate of drug-likeness (QED) is 0.118. The van der Waals surface area contributed by atoms with Gasteiger partial charge in [-0.2, -0.15) is 0 Å². The minimum absolute atomic E-state index is 0.0112. The van der Waals surface area contributed by atoms with Gasteiger partial charge in [0, 0.05) is 33.8 Å². The van der Waals surface area contributed by atoms with Crippen LogP contribution in [0.2, 0.25) is 0 Å². The second-order valence-electron chi connectivity index (χ2n) is 14.2. The lowest BCUT2D eigenvalue weighted by Crippen LogP contribution is -2.42. The predicted octanol–water partition coefficient (Wildman–Crippen LogP) is 11.7. The Hall–Kier alpha value is -0.590. The Bertz CT molecular complexity index is 999. The zero-order valence-corrected chi connectivity index (χ0v) is 30.4. The van der Waals surface area contributed by atoms with Crippen molar-refractivity contribution in [2.75, 3.05) is 6.54 Å². The number of thioether (sulfide) groups is 3. The maximum absolute atomic E-state index is 13.6. The van der Waals surface area contributed by atoms with Gasteiger partial charge in [0.05, 0.1) is 4.08 Å². The first-order valence-electron chi connectivity index (χ1n) is 18.3. The third-order valence-corrected chi connectivity index (χ3v) is 15.5. The van der Waals surface area contributed by atoms with E-state index in [1.807, 2.05) is 30.3 Å². The van der Waals surface area contributed by atoms with Crippen LogP contribution in [0.1, 0.15) is 162 Å². The van der Waals surface area contributed by atoms with Crippen molar-refractivity contribution in [1.82, 2.24) is 5.32 Å². The van der Waals surface area contributed by atoms with Crippen molar-refractivity contribution in [3.8, 4) is 0 Å². The number of carbonyl (C=O) groups is 2. The molecule has 2 bridgehead atoms. The summed E-state index contributed by atoms with van der Waals surface area (Å²) in [6.45, 7) is 5.44. The van der Waals surface area contributed by atoms with Gasteiger partial charge in [-0.3, -0.25) is 9.59 Å². The molecular weight excluding hydrogens is 599 g/mol. The minimum atomic E-state index is 0.0112. The van der Waals surface area contributed by atoms with Gasteiger partial charge < -0.3 is 5.32 Å². The second kappa shape index (κ2) is 18.7. The molecule has 2 unspecified atom stereocenters. The van der Waals surface area contributed by atoms with E-state index in [-0.39, 0.29) is 19.5 Å². The fourth-order valence-electron chi connectivity index (χ4n) is 8.22. The average molecular weight is 660 g/mol. The van der Waals surface area contributed by atoms with Crippen LogP contribution in [0.5, 0.6) is 0 Å². The van der Waals surface area contributed by atoms with Crippen molar-refractivity contribution in [1.29, 1.82) is 0 Å². The summed E-state index contributed by atoms with van der Waals surface area (Å²) in [5.74, 6) is 1.22. The molecule has 6 heteroatoms. The number of benzene rings is 1. The third-order valence-electron chi connectivity index (χ3n) is 10.5. The standard InChI is InChI=1S/C38H61NO2S3/c1-3-5-12-25-37(23-4-2,31-34(40)39-30-15-11-19-32-17-9-10-18-32)44-38-27-14-13-24-36(43-38,26-16-28-38)29-22-35(41)42-33-20-7-6-8-21-33/h6-8,20-21,32H,3-5,9-19,22-31H2,1-2H3,(H,39,40)/t36?,37-,38?/m1/s1. The highest BCUT2D eigenvalue weighted by Gasteiger charge is 2.51. The van der Waals surface area contributed by atoms with E-state index in [2.05, 4.69) is 42.7 Å². The molecule has 2 aliphatic heterocycles. The fourth-order valence-corrected chi connectivity index (χ4v) is 14.2. The molecule has 3 atom stereocenters. The molecule has 3 nitrogen and oxygen atoms in total. The zero-order valence-electron chi connectivity index (χ0n) is 28.0. The van der Waals surface area contributed by atoms with E-state index >= 15 is 0 Å². The largest absolute Gasteiger partial charge is 0.356 e. The van der Waals surface area contributed by atoms with Crippen molar-refractivity contribution < 1.29 is 9.59 Å². The summed E-state index contributed by atoms with van der Waals surface area (Å²) in [4.78, 5) is 27.7. The smallest absolute Gasteiger partial charge is 0.221 e. The second-order valence-corrected chi connectivity index (χ2v) is 19.3. The van der Waals surface area contributed by atoms with Gasteiger partial charge in [0.25, 0.3) is 0 Å². The summed E-state index contributed by atoms with van der Waals surface area (Å²) in [5.41, 5.74) is 0. The van der Waals surface area contributed by atoms with Crippen LogP contribution in [0.3, 0.4) is 0 Å². The maximum atomic E-state index is 13.6. The van der Waals surface area contributed by atoms with Crippen LogP contribution in [-0.2, 0) is 9.59 Å². The van der Waals surface area contributed by atoms with Gasteiger partial charge in [0.1, 0.15) is 0 Å². The van der Waals surface area contributed by atoms with Gasteiger partial charge in [-0.25, -0.2) is 0 Å². The molecule has 3 fully saturated rings. The highest BCUT2D eigenvalue weighted by molar-refractivity contribution is 8.19. The van der Waals surface area contributed by atoms with Gasteiger partial charge >= 0.3 is 0 Å². The molecule has 1 aromatic carbocycles. The monoisotopic (exact) mass is 659 g/mol. The summed E-state index contributed by atoms with van der Waals surface area (Å²) >= 11 is 5.92. The molecule has 3 aliphatic rings. The molecule has 2 heterocycles. The molecule has 1 N–H and O–H groups in total. The zero-order chi connectivity index (χ0) is 31.1. The molecule has 1 saturated carbocycles. The fraction of sp³-hybridized carbons (Fsp3) is 0.789. The summed E-state index contributed by atoms with van der Waals surface area (Å²) < 4.78 is 0.391. The van der Waals surface area contributed by atoms with Crippen LogP contribution in [-0.4, -0.2) is 31.1 Å². The third kappa shape index (κ3) is 11.6. The highest BCUT2D eigenvalue weighted by atomic mass is 32.2. The van der Waals surface area contributed by atoms with Crippen molar-refractivity contribution in [3.63, 3.8) is 0 Å². The lowest BCUT2D eigenvalue weighted by Gasteiger charge is -2.50. The molecule has 0 aromatic heterocycles. The number of hydrogen-bond donors (Lipinski definition) is 1. The van der Waals surface area contributed by atoms with E-state index in [9.17, 15) is 9.59 Å². The SMILES string of the molecule is CCCCC[C@](CCC)(CC(=O)NCCCCC1CCCC1)SC12CCCCC(CCC(=O)Sc3ccccc3)(CCC1)S2. The van der Waals surface area contributed by atoms with Gasteiger partial charge in [-0.1, -0.05) is 121 Å². The minimum Gasteiger partial charge on any atom is -0.356 e. The molecule has 1 aromatic rings. The van der Waals surface area contributed by atoms with E-state index in [1.165, 1.54) is 114 Å². The first kappa shape index (κ1) is 36.2. The van der Waals surface area contributed by atoms with Crippen LogP contribution >= 0.6 is 35.3 Å². The lowest BCUT2D eigenvalue weighted by molar-refractivity contribution is -0.121. The Kier molecular flexibility index (Phi) is 15.4. The molecule has 0 spiro atoms. The molecule has 1 amide bonds. The Morgan fingerprint density at radius 1 is 0.886 bits per heavy atom. The van der Waals surface area contributed by atoms with E-state index < -0.39 is 0 Å². The van der Waals surface area contributed by atoms with Crippen LogP contribution < -0.4 is 5.32 Å². The van der Waals surface area contributed by atoms with Gasteiger partial charge in [-0.05, 0) is 75.8 Å². The van der Waals surface area contributed by atoms with Crippen LogP contribution in [0.25, 0.3) is 0 Å². The number of carbonyl (C=O) groups excluding carboxylic acids is 2. The summed E-state index contributed by atoms with van der Waals surface area (Å²) in [7, 11) is 0. The predicted molar refractivity (Wildman–Crippen MR) is 195 cm³/mol. The van der Waals surface area contributed by atoms with Crippen molar-refractivity contribution in [3.05, 3.63) is 30.3 Å². The number of unbranched alkanes of at least 4 members (excludes halogenated alkanes) is 3. The Morgan fingerprint density at radius 3 is 2.41 bits per heavy atom. The van der Waals surface area contributed by atoms with Gasteiger partial charge in [0.2, 0.25) is 5.91 Å². The van der Waals surface area contributed by atoms with E-state index in [0.717, 1.165) is 49.5 Å². The number of nitrogens with one attached hydrogen (secondary N) is 1. The first-order valence-corrected chi connectivity index (χ1v) is 20.8. The summed E-state index contributed by atoms with van der Waals surface area (Å²) in [5, 5.41) is 3.68. The topological polar surface area (TPSA) is 46.2 Å².